The number of hydrogen-bond donors (Lipinski definition) is 0. The van der Waals surface area contributed by atoms with Crippen LogP contribution < -0.4 is 0 Å². The van der Waals surface area contributed by atoms with Crippen molar-refractivity contribution in [2.24, 2.45) is 7.05 Å². The maximum atomic E-state index is 6.02. The van der Waals surface area contributed by atoms with E-state index in [1.165, 1.54) is 5.56 Å². The molecule has 0 saturated carbocycles. The molecule has 2 heterocycles. The molecule has 2 aromatic heterocycles. The summed E-state index contributed by atoms with van der Waals surface area (Å²) in [4.78, 5) is 0. The number of thioether (sulfide) groups is 1. The first-order valence-electron chi connectivity index (χ1n) is 6.97. The van der Waals surface area contributed by atoms with Crippen LogP contribution in [0.2, 0.25) is 5.02 Å². The Morgan fingerprint density at radius 3 is 2.82 bits per heavy atom. The van der Waals surface area contributed by atoms with Gasteiger partial charge in [-0.2, -0.15) is 5.10 Å². The maximum Gasteiger partial charge on any atom is 0.191 e. The zero-order valence-corrected chi connectivity index (χ0v) is 14.0. The molecule has 3 aromatic rings. The van der Waals surface area contributed by atoms with Gasteiger partial charge in [0.25, 0.3) is 0 Å². The van der Waals surface area contributed by atoms with Crippen LogP contribution >= 0.6 is 23.4 Å². The van der Waals surface area contributed by atoms with E-state index in [4.69, 9.17) is 11.6 Å². The van der Waals surface area contributed by atoms with Gasteiger partial charge in [-0.05, 0) is 24.6 Å². The summed E-state index contributed by atoms with van der Waals surface area (Å²) in [6, 6.07) is 7.88. The minimum Gasteiger partial charge on any atom is -0.302 e. The van der Waals surface area contributed by atoms with Gasteiger partial charge in [0.2, 0.25) is 0 Å². The van der Waals surface area contributed by atoms with Gasteiger partial charge < -0.3 is 4.57 Å². The van der Waals surface area contributed by atoms with Crippen LogP contribution in [0.4, 0.5) is 0 Å². The highest BCUT2D eigenvalue weighted by atomic mass is 35.5. The average molecular weight is 334 g/mol. The van der Waals surface area contributed by atoms with Crippen molar-refractivity contribution in [3.63, 3.8) is 0 Å². The topological polar surface area (TPSA) is 48.5 Å². The second-order valence-electron chi connectivity index (χ2n) is 4.87. The molecule has 0 amide bonds. The zero-order valence-electron chi connectivity index (χ0n) is 12.4. The summed E-state index contributed by atoms with van der Waals surface area (Å²) < 4.78 is 3.87. The number of halogens is 1. The summed E-state index contributed by atoms with van der Waals surface area (Å²) >= 11 is 7.68. The van der Waals surface area contributed by atoms with Crippen molar-refractivity contribution < 1.29 is 0 Å². The smallest absolute Gasteiger partial charge is 0.191 e. The van der Waals surface area contributed by atoms with Crippen LogP contribution in [0.25, 0.3) is 11.4 Å². The standard InChI is InChI=1S/C15H16ClN5S/c1-3-21-14(12-8-17-20(2)9-12)18-19-15(21)22-10-11-5-4-6-13(16)7-11/h4-9H,3,10H2,1-2H3. The molecule has 0 aliphatic carbocycles. The molecular formula is C15H16ClN5S. The van der Waals surface area contributed by atoms with E-state index in [0.29, 0.717) is 0 Å². The number of rotatable bonds is 5. The van der Waals surface area contributed by atoms with Gasteiger partial charge in [0, 0.05) is 30.6 Å². The van der Waals surface area contributed by atoms with E-state index in [1.54, 1.807) is 16.4 Å². The zero-order chi connectivity index (χ0) is 15.5. The molecule has 0 fully saturated rings. The molecule has 3 rings (SSSR count). The fraction of sp³-hybridized carbons (Fsp3) is 0.267. The third-order valence-electron chi connectivity index (χ3n) is 3.25. The lowest BCUT2D eigenvalue weighted by atomic mass is 10.2. The molecule has 22 heavy (non-hydrogen) atoms. The lowest BCUT2D eigenvalue weighted by Gasteiger charge is -2.06. The third kappa shape index (κ3) is 3.18. The summed E-state index contributed by atoms with van der Waals surface area (Å²) in [7, 11) is 1.89. The van der Waals surface area contributed by atoms with Gasteiger partial charge in [-0.3, -0.25) is 4.68 Å². The second-order valence-corrected chi connectivity index (χ2v) is 6.25. The summed E-state index contributed by atoms with van der Waals surface area (Å²) in [5.74, 6) is 1.66. The molecule has 0 radical (unpaired) electrons. The number of aryl methyl sites for hydroxylation is 1. The quantitative estimate of drug-likeness (QED) is 0.669. The Kier molecular flexibility index (Phi) is 4.49. The van der Waals surface area contributed by atoms with Gasteiger partial charge in [-0.15, -0.1) is 10.2 Å². The minimum absolute atomic E-state index is 0.756. The van der Waals surface area contributed by atoms with E-state index in [0.717, 1.165) is 33.9 Å². The molecule has 0 N–H and O–H groups in total. The lowest BCUT2D eigenvalue weighted by Crippen LogP contribution is -1.99. The molecule has 1 aromatic carbocycles. The van der Waals surface area contributed by atoms with Crippen LogP contribution in [0.15, 0.2) is 41.8 Å². The molecule has 0 atom stereocenters. The van der Waals surface area contributed by atoms with Crippen molar-refractivity contribution in [3.8, 4) is 11.4 Å². The van der Waals surface area contributed by atoms with Crippen molar-refractivity contribution in [2.45, 2.75) is 24.4 Å². The van der Waals surface area contributed by atoms with Gasteiger partial charge in [-0.25, -0.2) is 0 Å². The van der Waals surface area contributed by atoms with Crippen LogP contribution in [0.1, 0.15) is 12.5 Å². The Balaban J connectivity index is 1.81. The van der Waals surface area contributed by atoms with E-state index in [2.05, 4.69) is 32.9 Å². The Hall–Kier alpha value is -1.79. The molecular weight excluding hydrogens is 318 g/mol. The molecule has 0 aliphatic heterocycles. The van der Waals surface area contributed by atoms with E-state index in [1.807, 2.05) is 37.6 Å². The summed E-state index contributed by atoms with van der Waals surface area (Å²) in [6.45, 7) is 2.90. The van der Waals surface area contributed by atoms with Crippen molar-refractivity contribution >= 4 is 23.4 Å². The van der Waals surface area contributed by atoms with Crippen LogP contribution in [0.5, 0.6) is 0 Å². The van der Waals surface area contributed by atoms with Crippen LogP contribution in [0.3, 0.4) is 0 Å². The minimum atomic E-state index is 0.756. The molecule has 7 heteroatoms. The monoisotopic (exact) mass is 333 g/mol. The number of hydrogen-bond acceptors (Lipinski definition) is 4. The Labute approximate surface area is 138 Å². The highest BCUT2D eigenvalue weighted by Gasteiger charge is 2.14. The summed E-state index contributed by atoms with van der Waals surface area (Å²) in [5, 5.41) is 14.5. The van der Waals surface area contributed by atoms with Crippen LogP contribution in [-0.2, 0) is 19.3 Å². The van der Waals surface area contributed by atoms with Gasteiger partial charge >= 0.3 is 0 Å². The van der Waals surface area contributed by atoms with E-state index in [-0.39, 0.29) is 0 Å². The number of aromatic nitrogens is 5. The molecule has 0 unspecified atom stereocenters. The number of benzene rings is 1. The van der Waals surface area contributed by atoms with Gasteiger partial charge in [0.05, 0.1) is 11.8 Å². The Morgan fingerprint density at radius 2 is 2.14 bits per heavy atom. The van der Waals surface area contributed by atoms with Crippen molar-refractivity contribution in [3.05, 3.63) is 47.2 Å². The Morgan fingerprint density at radius 1 is 1.27 bits per heavy atom. The van der Waals surface area contributed by atoms with Crippen LogP contribution in [-0.4, -0.2) is 24.5 Å². The predicted octanol–water partition coefficient (Wildman–Crippen LogP) is 3.64. The maximum absolute atomic E-state index is 6.02. The Bertz CT molecular complexity index is 780. The molecule has 0 aliphatic rings. The lowest BCUT2D eigenvalue weighted by molar-refractivity contribution is 0.687. The van der Waals surface area contributed by atoms with E-state index >= 15 is 0 Å². The highest BCUT2D eigenvalue weighted by Crippen LogP contribution is 2.26. The highest BCUT2D eigenvalue weighted by molar-refractivity contribution is 7.98. The fourth-order valence-electron chi connectivity index (χ4n) is 2.21. The SMILES string of the molecule is CCn1c(SCc2cccc(Cl)c2)nnc1-c1cnn(C)c1. The molecule has 5 nitrogen and oxygen atoms in total. The first-order valence-corrected chi connectivity index (χ1v) is 8.33. The van der Waals surface area contributed by atoms with Crippen molar-refractivity contribution in [1.82, 2.24) is 24.5 Å². The average Bonchev–Trinajstić information content (AvgIpc) is 3.10. The van der Waals surface area contributed by atoms with Gasteiger partial charge in [0.15, 0.2) is 11.0 Å². The van der Waals surface area contributed by atoms with Gasteiger partial charge in [-0.1, -0.05) is 35.5 Å². The first-order chi connectivity index (χ1) is 10.7. The normalized spacial score (nSPS) is 11.0. The molecule has 114 valence electrons. The first kappa shape index (κ1) is 15.1. The predicted molar refractivity (Wildman–Crippen MR) is 88.9 cm³/mol. The van der Waals surface area contributed by atoms with Crippen molar-refractivity contribution in [1.29, 1.82) is 0 Å². The third-order valence-corrected chi connectivity index (χ3v) is 4.53. The fourth-order valence-corrected chi connectivity index (χ4v) is 3.36. The van der Waals surface area contributed by atoms with Crippen LogP contribution in [0, 0.1) is 0 Å². The number of nitrogens with zero attached hydrogens (tertiary/aromatic N) is 5. The second kappa shape index (κ2) is 6.54. The van der Waals surface area contributed by atoms with Gasteiger partial charge in [0.1, 0.15) is 0 Å². The summed E-state index contributed by atoms with van der Waals surface area (Å²) in [6.07, 6.45) is 3.75. The largest absolute Gasteiger partial charge is 0.302 e. The molecule has 0 bridgehead atoms. The van der Waals surface area contributed by atoms with E-state index in [9.17, 15) is 0 Å². The molecule has 0 saturated heterocycles. The molecule has 0 spiro atoms. The summed E-state index contributed by atoms with van der Waals surface area (Å²) in [5.41, 5.74) is 2.15. The van der Waals surface area contributed by atoms with E-state index < -0.39 is 0 Å². The van der Waals surface area contributed by atoms with Crippen molar-refractivity contribution in [2.75, 3.05) is 0 Å².